The molecule has 1 atom stereocenters. The molecule has 0 aliphatic rings. The zero-order valence-corrected chi connectivity index (χ0v) is 18.3. The van der Waals surface area contributed by atoms with Gasteiger partial charge >= 0.3 is 5.97 Å². The highest BCUT2D eigenvalue weighted by Gasteiger charge is 2.19. The third kappa shape index (κ3) is 7.26. The summed E-state index contributed by atoms with van der Waals surface area (Å²) in [6, 6.07) is 11.1. The van der Waals surface area contributed by atoms with Crippen molar-refractivity contribution in [1.29, 1.82) is 0 Å². The van der Waals surface area contributed by atoms with E-state index < -0.39 is 12.0 Å². The van der Waals surface area contributed by atoms with E-state index in [2.05, 4.69) is 11.4 Å². The second-order valence-corrected chi connectivity index (χ2v) is 7.92. The number of carboxylic acid groups (broad SMARTS) is 1. The van der Waals surface area contributed by atoms with Crippen LogP contribution in [0.3, 0.4) is 0 Å². The summed E-state index contributed by atoms with van der Waals surface area (Å²) < 4.78 is 11.7. The molecule has 2 aromatic rings. The number of rotatable bonds is 11. The summed E-state index contributed by atoms with van der Waals surface area (Å²) in [5.74, 6) is 0.479. The first-order chi connectivity index (χ1) is 13.8. The van der Waals surface area contributed by atoms with E-state index in [1.165, 1.54) is 0 Å². The highest BCUT2D eigenvalue weighted by Crippen LogP contribution is 2.37. The van der Waals surface area contributed by atoms with E-state index in [1.54, 1.807) is 6.07 Å². The van der Waals surface area contributed by atoms with E-state index in [9.17, 15) is 9.90 Å². The van der Waals surface area contributed by atoms with Crippen molar-refractivity contribution in [2.75, 3.05) is 6.61 Å². The predicted molar refractivity (Wildman–Crippen MR) is 116 cm³/mol. The molecule has 158 valence electrons. The SMILES string of the molecule is CCOc1cc(CNC(CC(C)C)C(=O)O)cc(Cl)c1OCc1cccc(C)c1. The van der Waals surface area contributed by atoms with Gasteiger partial charge in [0, 0.05) is 6.54 Å². The quantitative estimate of drug-likeness (QED) is 0.523. The molecule has 29 heavy (non-hydrogen) atoms. The molecule has 0 radical (unpaired) electrons. The Morgan fingerprint density at radius 2 is 1.93 bits per heavy atom. The molecule has 0 aliphatic heterocycles. The van der Waals surface area contributed by atoms with E-state index in [1.807, 2.05) is 52.0 Å². The summed E-state index contributed by atoms with van der Waals surface area (Å²) >= 11 is 6.48. The van der Waals surface area contributed by atoms with Crippen LogP contribution in [0, 0.1) is 12.8 Å². The highest BCUT2D eigenvalue weighted by atomic mass is 35.5. The summed E-state index contributed by atoms with van der Waals surface area (Å²) in [6.07, 6.45) is 0.555. The lowest BCUT2D eigenvalue weighted by molar-refractivity contribution is -0.140. The average Bonchev–Trinajstić information content (AvgIpc) is 2.64. The number of aryl methyl sites for hydroxylation is 1. The molecule has 5 nitrogen and oxygen atoms in total. The van der Waals surface area contributed by atoms with E-state index in [4.69, 9.17) is 21.1 Å². The van der Waals surface area contributed by atoms with Gasteiger partial charge in [-0.2, -0.15) is 0 Å². The van der Waals surface area contributed by atoms with Crippen LogP contribution in [0.5, 0.6) is 11.5 Å². The molecule has 1 unspecified atom stereocenters. The standard InChI is InChI=1S/C23H30ClNO4/c1-5-28-21-12-18(13-25-20(23(26)27)9-15(2)3)11-19(24)22(21)29-14-17-8-6-7-16(4)10-17/h6-8,10-12,15,20,25H,5,9,13-14H2,1-4H3,(H,26,27). The molecule has 0 spiro atoms. The van der Waals surface area contributed by atoms with Crippen LogP contribution in [-0.2, 0) is 17.9 Å². The number of halogens is 1. The van der Waals surface area contributed by atoms with Gasteiger partial charge in [0.25, 0.3) is 0 Å². The molecule has 2 aromatic carbocycles. The van der Waals surface area contributed by atoms with E-state index in [-0.39, 0.29) is 5.92 Å². The maximum atomic E-state index is 11.5. The minimum absolute atomic E-state index is 0.281. The Hall–Kier alpha value is -2.24. The molecule has 6 heteroatoms. The molecule has 2 N–H and O–H groups in total. The summed E-state index contributed by atoms with van der Waals surface area (Å²) in [5.41, 5.74) is 3.06. The molecular formula is C23H30ClNO4. The summed E-state index contributed by atoms with van der Waals surface area (Å²) in [6.45, 7) is 9.17. The number of benzene rings is 2. The Labute approximate surface area is 178 Å². The van der Waals surface area contributed by atoms with Gasteiger partial charge in [0.2, 0.25) is 0 Å². The van der Waals surface area contributed by atoms with Gasteiger partial charge in [0.1, 0.15) is 12.6 Å². The van der Waals surface area contributed by atoms with Gasteiger partial charge in [-0.1, -0.05) is 55.3 Å². The number of nitrogens with one attached hydrogen (secondary N) is 1. The van der Waals surface area contributed by atoms with Gasteiger partial charge < -0.3 is 19.9 Å². The molecular weight excluding hydrogens is 390 g/mol. The summed E-state index contributed by atoms with van der Waals surface area (Å²) in [5, 5.41) is 12.9. The van der Waals surface area contributed by atoms with Gasteiger partial charge in [0.15, 0.2) is 11.5 Å². The fourth-order valence-electron chi connectivity index (χ4n) is 3.07. The second kappa shape index (κ2) is 11.1. The van der Waals surface area contributed by atoms with E-state index in [0.29, 0.717) is 42.7 Å². The molecule has 0 heterocycles. The Balaban J connectivity index is 2.14. The fourth-order valence-corrected chi connectivity index (χ4v) is 3.36. The number of carboxylic acids is 1. The van der Waals surface area contributed by atoms with Gasteiger partial charge in [0.05, 0.1) is 11.6 Å². The largest absolute Gasteiger partial charge is 0.490 e. The van der Waals surface area contributed by atoms with Crippen LogP contribution in [0.25, 0.3) is 0 Å². The number of aliphatic carboxylic acids is 1. The van der Waals surface area contributed by atoms with Crippen molar-refractivity contribution in [1.82, 2.24) is 5.32 Å². The Kier molecular flexibility index (Phi) is 8.80. The van der Waals surface area contributed by atoms with Crippen LogP contribution >= 0.6 is 11.6 Å². The van der Waals surface area contributed by atoms with Gasteiger partial charge in [-0.3, -0.25) is 4.79 Å². The van der Waals surface area contributed by atoms with Crippen LogP contribution in [0.2, 0.25) is 5.02 Å². The lowest BCUT2D eigenvalue weighted by Crippen LogP contribution is -2.37. The smallest absolute Gasteiger partial charge is 0.320 e. The van der Waals surface area contributed by atoms with Crippen molar-refractivity contribution in [3.05, 3.63) is 58.1 Å². The van der Waals surface area contributed by atoms with Gasteiger partial charge in [-0.25, -0.2) is 0 Å². The molecule has 0 amide bonds. The Morgan fingerprint density at radius 1 is 1.17 bits per heavy atom. The van der Waals surface area contributed by atoms with Crippen molar-refractivity contribution in [3.8, 4) is 11.5 Å². The lowest BCUT2D eigenvalue weighted by Gasteiger charge is -2.18. The zero-order valence-electron chi connectivity index (χ0n) is 17.5. The predicted octanol–water partition coefficient (Wildman–Crippen LogP) is 5.22. The van der Waals surface area contributed by atoms with Crippen molar-refractivity contribution >= 4 is 17.6 Å². The van der Waals surface area contributed by atoms with E-state index in [0.717, 1.165) is 16.7 Å². The van der Waals surface area contributed by atoms with Gasteiger partial charge in [-0.15, -0.1) is 0 Å². The number of ether oxygens (including phenoxy) is 2. The summed E-state index contributed by atoms with van der Waals surface area (Å²) in [7, 11) is 0. The highest BCUT2D eigenvalue weighted by molar-refractivity contribution is 6.32. The lowest BCUT2D eigenvalue weighted by atomic mass is 10.0. The maximum absolute atomic E-state index is 11.5. The van der Waals surface area contributed by atoms with Crippen molar-refractivity contribution in [2.24, 2.45) is 5.92 Å². The van der Waals surface area contributed by atoms with Crippen molar-refractivity contribution < 1.29 is 19.4 Å². The minimum atomic E-state index is -0.854. The van der Waals surface area contributed by atoms with Crippen LogP contribution in [0.1, 0.15) is 43.9 Å². The molecule has 0 aromatic heterocycles. The first-order valence-corrected chi connectivity index (χ1v) is 10.3. The Bertz CT molecular complexity index is 823. The summed E-state index contributed by atoms with van der Waals surface area (Å²) in [4.78, 5) is 11.5. The minimum Gasteiger partial charge on any atom is -0.490 e. The molecule has 0 aliphatic carbocycles. The Morgan fingerprint density at radius 3 is 2.55 bits per heavy atom. The molecule has 0 saturated heterocycles. The van der Waals surface area contributed by atoms with Crippen molar-refractivity contribution in [3.63, 3.8) is 0 Å². The van der Waals surface area contributed by atoms with Crippen molar-refractivity contribution in [2.45, 2.75) is 53.3 Å². The first kappa shape index (κ1) is 23.0. The third-order valence-electron chi connectivity index (χ3n) is 4.39. The van der Waals surface area contributed by atoms with Gasteiger partial charge in [-0.05, 0) is 49.4 Å². The average molecular weight is 420 g/mol. The second-order valence-electron chi connectivity index (χ2n) is 7.52. The van der Waals surface area contributed by atoms with Crippen LogP contribution < -0.4 is 14.8 Å². The number of carbonyl (C=O) groups is 1. The molecule has 2 rings (SSSR count). The normalized spacial score (nSPS) is 12.1. The third-order valence-corrected chi connectivity index (χ3v) is 4.67. The van der Waals surface area contributed by atoms with Crippen LogP contribution in [-0.4, -0.2) is 23.7 Å². The molecule has 0 saturated carbocycles. The topological polar surface area (TPSA) is 67.8 Å². The van der Waals surface area contributed by atoms with E-state index >= 15 is 0 Å². The molecule has 0 fully saturated rings. The fraction of sp³-hybridized carbons (Fsp3) is 0.435. The number of hydrogen-bond donors (Lipinski definition) is 2. The zero-order chi connectivity index (χ0) is 21.4. The molecule has 0 bridgehead atoms. The number of hydrogen-bond acceptors (Lipinski definition) is 4. The maximum Gasteiger partial charge on any atom is 0.320 e. The first-order valence-electron chi connectivity index (χ1n) is 9.89. The van der Waals surface area contributed by atoms with Crippen LogP contribution in [0.4, 0.5) is 0 Å². The van der Waals surface area contributed by atoms with Crippen LogP contribution in [0.15, 0.2) is 36.4 Å². The monoisotopic (exact) mass is 419 g/mol.